The van der Waals surface area contributed by atoms with Crippen LogP contribution in [0.1, 0.15) is 23.0 Å². The zero-order valence-corrected chi connectivity index (χ0v) is 16.8. The SMILES string of the molecule is Cc1ccc(-c2cc(C(O)C(CNCCc3ccc(Cl)cc3)C(=O)O)on2)cc1. The van der Waals surface area contributed by atoms with Gasteiger partial charge in [0.2, 0.25) is 0 Å². The van der Waals surface area contributed by atoms with Gasteiger partial charge in [-0.3, -0.25) is 4.79 Å². The molecule has 152 valence electrons. The van der Waals surface area contributed by atoms with E-state index in [4.69, 9.17) is 16.1 Å². The number of nitrogens with one attached hydrogen (secondary N) is 1. The molecule has 2 aromatic carbocycles. The molecule has 0 fully saturated rings. The van der Waals surface area contributed by atoms with Crippen LogP contribution in [0.5, 0.6) is 0 Å². The Kier molecular flexibility index (Phi) is 7.04. The molecule has 3 aromatic rings. The number of carbonyl (C=O) groups is 1. The number of aliphatic carboxylic acids is 1. The highest BCUT2D eigenvalue weighted by Crippen LogP contribution is 2.27. The molecule has 1 heterocycles. The van der Waals surface area contributed by atoms with E-state index in [2.05, 4.69) is 10.5 Å². The molecular formula is C22H23ClN2O4. The molecular weight excluding hydrogens is 392 g/mol. The molecule has 3 N–H and O–H groups in total. The Labute approximate surface area is 174 Å². The predicted molar refractivity (Wildman–Crippen MR) is 111 cm³/mol. The highest BCUT2D eigenvalue weighted by molar-refractivity contribution is 6.30. The minimum Gasteiger partial charge on any atom is -0.481 e. The van der Waals surface area contributed by atoms with Gasteiger partial charge in [-0.15, -0.1) is 0 Å². The van der Waals surface area contributed by atoms with Gasteiger partial charge in [0.15, 0.2) is 5.76 Å². The van der Waals surface area contributed by atoms with Crippen LogP contribution >= 0.6 is 11.6 Å². The lowest BCUT2D eigenvalue weighted by Gasteiger charge is -2.17. The maximum absolute atomic E-state index is 11.7. The Hall–Kier alpha value is -2.67. The summed E-state index contributed by atoms with van der Waals surface area (Å²) in [5.41, 5.74) is 3.60. The number of aryl methyl sites for hydroxylation is 1. The Morgan fingerprint density at radius 3 is 2.52 bits per heavy atom. The molecule has 0 aliphatic carbocycles. The summed E-state index contributed by atoms with van der Waals surface area (Å²) in [6.45, 7) is 2.66. The molecule has 1 aromatic heterocycles. The van der Waals surface area contributed by atoms with Crippen LogP contribution in [0.2, 0.25) is 5.02 Å². The van der Waals surface area contributed by atoms with E-state index in [1.807, 2.05) is 55.5 Å². The number of rotatable bonds is 9. The molecule has 29 heavy (non-hydrogen) atoms. The quantitative estimate of drug-likeness (QED) is 0.460. The summed E-state index contributed by atoms with van der Waals surface area (Å²) in [5.74, 6) is -2.03. The highest BCUT2D eigenvalue weighted by Gasteiger charge is 2.30. The monoisotopic (exact) mass is 414 g/mol. The number of halogens is 1. The van der Waals surface area contributed by atoms with Crippen LogP contribution in [0.3, 0.4) is 0 Å². The van der Waals surface area contributed by atoms with Crippen molar-refractivity contribution < 1.29 is 19.5 Å². The maximum atomic E-state index is 11.7. The van der Waals surface area contributed by atoms with E-state index in [0.717, 1.165) is 23.1 Å². The second kappa shape index (κ2) is 9.69. The topological polar surface area (TPSA) is 95.6 Å². The molecule has 0 saturated carbocycles. The molecule has 6 nitrogen and oxygen atoms in total. The zero-order chi connectivity index (χ0) is 20.8. The van der Waals surface area contributed by atoms with Crippen molar-refractivity contribution in [2.45, 2.75) is 19.4 Å². The molecule has 0 spiro atoms. The molecule has 0 saturated heterocycles. The highest BCUT2D eigenvalue weighted by atomic mass is 35.5. The van der Waals surface area contributed by atoms with E-state index in [0.29, 0.717) is 17.3 Å². The number of hydrogen-bond acceptors (Lipinski definition) is 5. The average molecular weight is 415 g/mol. The van der Waals surface area contributed by atoms with Gasteiger partial charge in [0.25, 0.3) is 0 Å². The van der Waals surface area contributed by atoms with E-state index in [1.165, 1.54) is 0 Å². The van der Waals surface area contributed by atoms with Gasteiger partial charge in [-0.2, -0.15) is 0 Å². The lowest BCUT2D eigenvalue weighted by Crippen LogP contribution is -2.34. The molecule has 2 unspecified atom stereocenters. The van der Waals surface area contributed by atoms with Crippen molar-refractivity contribution in [3.8, 4) is 11.3 Å². The molecule has 0 aliphatic heterocycles. The largest absolute Gasteiger partial charge is 0.481 e. The van der Waals surface area contributed by atoms with Crippen LogP contribution in [0.4, 0.5) is 0 Å². The van der Waals surface area contributed by atoms with Crippen molar-refractivity contribution in [2.75, 3.05) is 13.1 Å². The second-order valence-corrected chi connectivity index (χ2v) is 7.39. The molecule has 3 rings (SSSR count). The normalized spacial score (nSPS) is 13.2. The number of benzene rings is 2. The average Bonchev–Trinajstić information content (AvgIpc) is 3.19. The Morgan fingerprint density at radius 2 is 1.86 bits per heavy atom. The summed E-state index contributed by atoms with van der Waals surface area (Å²) in [5, 5.41) is 27.8. The van der Waals surface area contributed by atoms with Crippen molar-refractivity contribution in [3.05, 3.63) is 76.5 Å². The molecule has 0 bridgehead atoms. The van der Waals surface area contributed by atoms with E-state index in [1.54, 1.807) is 6.07 Å². The number of aromatic nitrogens is 1. The van der Waals surface area contributed by atoms with Gasteiger partial charge in [-0.05, 0) is 37.6 Å². The standard InChI is InChI=1S/C22H23ClN2O4/c1-14-2-6-16(7-3-14)19-12-20(29-25-19)21(26)18(22(27)28)13-24-11-10-15-4-8-17(23)9-5-15/h2-9,12,18,21,24,26H,10-11,13H2,1H3,(H,27,28). The fraction of sp³-hybridized carbons (Fsp3) is 0.273. The number of nitrogens with zero attached hydrogens (tertiary/aromatic N) is 1. The maximum Gasteiger partial charge on any atom is 0.310 e. The number of aliphatic hydroxyl groups excluding tert-OH is 1. The van der Waals surface area contributed by atoms with Gasteiger partial charge in [0, 0.05) is 23.2 Å². The summed E-state index contributed by atoms with van der Waals surface area (Å²) in [4.78, 5) is 11.7. The summed E-state index contributed by atoms with van der Waals surface area (Å²) >= 11 is 5.87. The molecule has 7 heteroatoms. The van der Waals surface area contributed by atoms with Crippen LogP contribution in [-0.4, -0.2) is 34.4 Å². The van der Waals surface area contributed by atoms with Gasteiger partial charge in [0.1, 0.15) is 17.7 Å². The van der Waals surface area contributed by atoms with Crippen LogP contribution in [0.15, 0.2) is 59.1 Å². The fourth-order valence-electron chi connectivity index (χ4n) is 2.96. The zero-order valence-electron chi connectivity index (χ0n) is 16.0. The minimum atomic E-state index is -1.30. The van der Waals surface area contributed by atoms with E-state index in [9.17, 15) is 15.0 Å². The summed E-state index contributed by atoms with van der Waals surface area (Å²) in [6, 6.07) is 16.8. The third-order valence-electron chi connectivity index (χ3n) is 4.73. The molecule has 0 radical (unpaired) electrons. The molecule has 0 amide bonds. The van der Waals surface area contributed by atoms with Gasteiger partial charge in [-0.1, -0.05) is 58.7 Å². The van der Waals surface area contributed by atoms with Crippen LogP contribution < -0.4 is 5.32 Å². The van der Waals surface area contributed by atoms with E-state index in [-0.39, 0.29) is 12.3 Å². The van der Waals surface area contributed by atoms with Crippen LogP contribution in [-0.2, 0) is 11.2 Å². The summed E-state index contributed by atoms with van der Waals surface area (Å²) in [7, 11) is 0. The van der Waals surface area contributed by atoms with E-state index >= 15 is 0 Å². The predicted octanol–water partition coefficient (Wildman–Crippen LogP) is 3.87. The smallest absolute Gasteiger partial charge is 0.310 e. The van der Waals surface area contributed by atoms with Crippen molar-refractivity contribution >= 4 is 17.6 Å². The first-order chi connectivity index (χ1) is 13.9. The summed E-state index contributed by atoms with van der Waals surface area (Å²) in [6.07, 6.45) is -0.582. The third-order valence-corrected chi connectivity index (χ3v) is 4.99. The number of carboxylic acids is 1. The van der Waals surface area contributed by atoms with Crippen LogP contribution in [0, 0.1) is 12.8 Å². The first-order valence-electron chi connectivity index (χ1n) is 9.33. The first kappa shape index (κ1) is 21.0. The van der Waals surface area contributed by atoms with Crippen molar-refractivity contribution in [1.29, 1.82) is 0 Å². The minimum absolute atomic E-state index is 0.102. The van der Waals surface area contributed by atoms with Crippen molar-refractivity contribution in [1.82, 2.24) is 10.5 Å². The van der Waals surface area contributed by atoms with E-state index < -0.39 is 18.0 Å². The van der Waals surface area contributed by atoms with Crippen molar-refractivity contribution in [2.24, 2.45) is 5.92 Å². The second-order valence-electron chi connectivity index (χ2n) is 6.95. The number of carboxylic acid groups (broad SMARTS) is 1. The third kappa shape index (κ3) is 5.67. The Morgan fingerprint density at radius 1 is 1.17 bits per heavy atom. The molecule has 0 aliphatic rings. The van der Waals surface area contributed by atoms with Gasteiger partial charge in [0.05, 0.1) is 0 Å². The number of hydrogen-bond donors (Lipinski definition) is 3. The summed E-state index contributed by atoms with van der Waals surface area (Å²) < 4.78 is 5.23. The van der Waals surface area contributed by atoms with Gasteiger partial charge < -0.3 is 20.1 Å². The number of aliphatic hydroxyl groups is 1. The van der Waals surface area contributed by atoms with Gasteiger partial charge >= 0.3 is 5.97 Å². The van der Waals surface area contributed by atoms with Crippen molar-refractivity contribution in [3.63, 3.8) is 0 Å². The lowest BCUT2D eigenvalue weighted by atomic mass is 9.99. The Bertz CT molecular complexity index is 938. The van der Waals surface area contributed by atoms with Gasteiger partial charge in [-0.25, -0.2) is 0 Å². The van der Waals surface area contributed by atoms with Crippen LogP contribution in [0.25, 0.3) is 11.3 Å². The first-order valence-corrected chi connectivity index (χ1v) is 9.71. The lowest BCUT2D eigenvalue weighted by molar-refractivity contribution is -0.146. The Balaban J connectivity index is 1.59. The fourth-order valence-corrected chi connectivity index (χ4v) is 3.09. The molecule has 2 atom stereocenters.